The maximum Gasteiger partial charge on any atom is 0.164 e. The lowest BCUT2D eigenvalue weighted by Crippen LogP contribution is -2.01. The van der Waals surface area contributed by atoms with Crippen molar-refractivity contribution in [1.29, 1.82) is 0 Å². The first-order chi connectivity index (χ1) is 7.20. The first-order valence-electron chi connectivity index (χ1n) is 4.59. The number of nitrogens with two attached hydrogens (primary N) is 1. The molecule has 0 aliphatic carbocycles. The maximum absolute atomic E-state index is 12.7. The van der Waals surface area contributed by atoms with Crippen LogP contribution in [-0.4, -0.2) is 14.8 Å². The molecule has 4 nitrogen and oxygen atoms in total. The fraction of sp³-hybridized carbons (Fsp3) is 0.200. The Kier molecular flexibility index (Phi) is 2.47. The third-order valence-corrected chi connectivity index (χ3v) is 2.07. The molecule has 0 saturated heterocycles. The number of hydrogen-bond donors (Lipinski definition) is 1. The van der Waals surface area contributed by atoms with Gasteiger partial charge in [0.05, 0.1) is 12.2 Å². The monoisotopic (exact) mass is 206 g/mol. The van der Waals surface area contributed by atoms with Crippen molar-refractivity contribution in [3.63, 3.8) is 0 Å². The number of aryl methyl sites for hydroxylation is 1. The number of benzene rings is 1. The largest absolute Gasteiger partial charge is 0.324 e. The predicted molar refractivity (Wildman–Crippen MR) is 53.9 cm³/mol. The molecule has 1 aromatic heterocycles. The summed E-state index contributed by atoms with van der Waals surface area (Å²) in [7, 11) is 0. The third kappa shape index (κ3) is 1.87. The molecule has 0 unspecified atom stereocenters. The van der Waals surface area contributed by atoms with E-state index >= 15 is 0 Å². The molecule has 2 N–H and O–H groups in total. The normalized spacial score (nSPS) is 10.6. The van der Waals surface area contributed by atoms with Crippen LogP contribution < -0.4 is 5.73 Å². The predicted octanol–water partition coefficient (Wildman–Crippen LogP) is 1.17. The summed E-state index contributed by atoms with van der Waals surface area (Å²) in [5, 5.41) is 4.19. The highest BCUT2D eigenvalue weighted by Gasteiger charge is 2.06. The fourth-order valence-electron chi connectivity index (χ4n) is 1.36. The van der Waals surface area contributed by atoms with Gasteiger partial charge in [0.25, 0.3) is 0 Å². The molecule has 0 aliphatic heterocycles. The number of aromatic nitrogens is 3. The summed E-state index contributed by atoms with van der Waals surface area (Å²) in [6, 6.07) is 6.08. The van der Waals surface area contributed by atoms with E-state index in [1.165, 1.54) is 12.1 Å². The summed E-state index contributed by atoms with van der Waals surface area (Å²) in [6.45, 7) is 2.13. The van der Waals surface area contributed by atoms with Crippen LogP contribution in [0.4, 0.5) is 4.39 Å². The molecule has 0 atom stereocenters. The van der Waals surface area contributed by atoms with Crippen LogP contribution in [0.15, 0.2) is 24.3 Å². The molecule has 5 heteroatoms. The van der Waals surface area contributed by atoms with Gasteiger partial charge in [-0.1, -0.05) is 0 Å². The topological polar surface area (TPSA) is 56.7 Å². The lowest BCUT2D eigenvalue weighted by molar-refractivity contribution is 0.626. The zero-order valence-corrected chi connectivity index (χ0v) is 8.31. The molecule has 0 aliphatic rings. The van der Waals surface area contributed by atoms with E-state index in [9.17, 15) is 4.39 Å². The summed E-state index contributed by atoms with van der Waals surface area (Å²) in [5.74, 6) is 1.05. The molecule has 2 rings (SSSR count). The Labute approximate surface area is 86.6 Å². The van der Waals surface area contributed by atoms with E-state index in [-0.39, 0.29) is 5.82 Å². The van der Waals surface area contributed by atoms with Gasteiger partial charge >= 0.3 is 0 Å². The van der Waals surface area contributed by atoms with E-state index in [1.807, 2.05) is 6.92 Å². The SMILES string of the molecule is Cc1nc(CN)nn1-c1ccc(F)cc1. The van der Waals surface area contributed by atoms with Crippen molar-refractivity contribution in [2.45, 2.75) is 13.5 Å². The van der Waals surface area contributed by atoms with E-state index < -0.39 is 0 Å². The molecule has 0 fully saturated rings. The Morgan fingerprint density at radius 3 is 2.53 bits per heavy atom. The van der Waals surface area contributed by atoms with E-state index in [1.54, 1.807) is 16.8 Å². The zero-order valence-electron chi connectivity index (χ0n) is 8.31. The van der Waals surface area contributed by atoms with Crippen molar-refractivity contribution in [2.75, 3.05) is 0 Å². The fourth-order valence-corrected chi connectivity index (χ4v) is 1.36. The summed E-state index contributed by atoms with van der Waals surface area (Å²) in [5.41, 5.74) is 6.21. The second kappa shape index (κ2) is 3.78. The van der Waals surface area contributed by atoms with Crippen LogP contribution in [0.25, 0.3) is 5.69 Å². The van der Waals surface area contributed by atoms with Gasteiger partial charge in [-0.2, -0.15) is 0 Å². The number of hydrogen-bond acceptors (Lipinski definition) is 3. The van der Waals surface area contributed by atoms with Gasteiger partial charge in [0.15, 0.2) is 5.82 Å². The Bertz CT molecular complexity index is 461. The smallest absolute Gasteiger partial charge is 0.164 e. The van der Waals surface area contributed by atoms with Gasteiger partial charge < -0.3 is 5.73 Å². The van der Waals surface area contributed by atoms with Gasteiger partial charge in [-0.25, -0.2) is 14.1 Å². The van der Waals surface area contributed by atoms with Gasteiger partial charge in [0.1, 0.15) is 11.6 Å². The zero-order chi connectivity index (χ0) is 10.8. The van der Waals surface area contributed by atoms with Crippen molar-refractivity contribution in [3.8, 4) is 5.69 Å². The maximum atomic E-state index is 12.7. The van der Waals surface area contributed by atoms with Crippen LogP contribution in [0.2, 0.25) is 0 Å². The molecule has 15 heavy (non-hydrogen) atoms. The minimum Gasteiger partial charge on any atom is -0.324 e. The standard InChI is InChI=1S/C10H11FN4/c1-7-13-10(6-12)14-15(7)9-4-2-8(11)3-5-9/h2-5H,6,12H2,1H3. The molecular weight excluding hydrogens is 195 g/mol. The Hall–Kier alpha value is -1.75. The van der Waals surface area contributed by atoms with E-state index in [0.717, 1.165) is 11.5 Å². The Balaban J connectivity index is 2.44. The second-order valence-electron chi connectivity index (χ2n) is 3.17. The summed E-state index contributed by atoms with van der Waals surface area (Å²) in [4.78, 5) is 4.16. The molecule has 0 spiro atoms. The van der Waals surface area contributed by atoms with Crippen molar-refractivity contribution < 1.29 is 4.39 Å². The first kappa shape index (κ1) is 9.79. The highest BCUT2D eigenvalue weighted by molar-refractivity contribution is 5.31. The van der Waals surface area contributed by atoms with Crippen LogP contribution >= 0.6 is 0 Å². The number of nitrogens with zero attached hydrogens (tertiary/aromatic N) is 3. The molecule has 2 aromatic rings. The van der Waals surface area contributed by atoms with Crippen molar-refractivity contribution in [3.05, 3.63) is 41.7 Å². The average Bonchev–Trinajstić information content (AvgIpc) is 2.61. The van der Waals surface area contributed by atoms with Crippen LogP contribution in [0.1, 0.15) is 11.6 Å². The van der Waals surface area contributed by atoms with Gasteiger partial charge in [-0.3, -0.25) is 0 Å². The van der Waals surface area contributed by atoms with Gasteiger partial charge in [-0.05, 0) is 31.2 Å². The average molecular weight is 206 g/mol. The first-order valence-corrected chi connectivity index (χ1v) is 4.59. The summed E-state index contributed by atoms with van der Waals surface area (Å²) >= 11 is 0. The number of rotatable bonds is 2. The van der Waals surface area contributed by atoms with Crippen LogP contribution in [0.3, 0.4) is 0 Å². The minimum absolute atomic E-state index is 0.268. The van der Waals surface area contributed by atoms with Gasteiger partial charge in [0.2, 0.25) is 0 Å². The molecule has 78 valence electrons. The third-order valence-electron chi connectivity index (χ3n) is 2.07. The summed E-state index contributed by atoms with van der Waals surface area (Å²) < 4.78 is 14.3. The molecule has 0 amide bonds. The van der Waals surface area contributed by atoms with Crippen molar-refractivity contribution >= 4 is 0 Å². The molecule has 1 aromatic carbocycles. The molecule has 1 heterocycles. The quantitative estimate of drug-likeness (QED) is 0.802. The van der Waals surface area contributed by atoms with Crippen molar-refractivity contribution in [1.82, 2.24) is 14.8 Å². The van der Waals surface area contributed by atoms with Crippen LogP contribution in [0, 0.1) is 12.7 Å². The molecule has 0 saturated carbocycles. The lowest BCUT2D eigenvalue weighted by atomic mass is 10.3. The summed E-state index contributed by atoms with van der Waals surface area (Å²) in [6.07, 6.45) is 0. The van der Waals surface area contributed by atoms with E-state index in [2.05, 4.69) is 10.1 Å². The second-order valence-corrected chi connectivity index (χ2v) is 3.17. The van der Waals surface area contributed by atoms with Crippen molar-refractivity contribution in [2.24, 2.45) is 5.73 Å². The van der Waals surface area contributed by atoms with Crippen LogP contribution in [-0.2, 0) is 6.54 Å². The van der Waals surface area contributed by atoms with E-state index in [4.69, 9.17) is 5.73 Å². The molecular formula is C10H11FN4. The minimum atomic E-state index is -0.268. The van der Waals surface area contributed by atoms with Gasteiger partial charge in [-0.15, -0.1) is 5.10 Å². The Morgan fingerprint density at radius 2 is 2.00 bits per heavy atom. The molecule has 0 radical (unpaired) electrons. The number of halogens is 1. The highest BCUT2D eigenvalue weighted by Crippen LogP contribution is 2.10. The molecule has 0 bridgehead atoms. The Morgan fingerprint density at radius 1 is 1.33 bits per heavy atom. The van der Waals surface area contributed by atoms with E-state index in [0.29, 0.717) is 12.4 Å². The van der Waals surface area contributed by atoms with Crippen LogP contribution in [0.5, 0.6) is 0 Å². The van der Waals surface area contributed by atoms with Gasteiger partial charge in [0, 0.05) is 0 Å². The lowest BCUT2D eigenvalue weighted by Gasteiger charge is -2.01. The highest BCUT2D eigenvalue weighted by atomic mass is 19.1.